The van der Waals surface area contributed by atoms with Gasteiger partial charge in [0.2, 0.25) is 0 Å². The second-order valence-electron chi connectivity index (χ2n) is 3.01. The molecule has 1 fully saturated rings. The molecule has 10 heavy (non-hydrogen) atoms. The minimum Gasteiger partial charge on any atom is -0.292 e. The Hall–Kier alpha value is 0.310. The first-order valence-corrected chi connectivity index (χ1v) is 4.78. The minimum atomic E-state index is 0.562. The monoisotopic (exact) mass is 159 g/mol. The summed E-state index contributed by atoms with van der Waals surface area (Å²) in [4.78, 5) is 2.48. The van der Waals surface area contributed by atoms with E-state index in [1.54, 1.807) is 0 Å². The summed E-state index contributed by atoms with van der Waals surface area (Å²) in [5.74, 6) is 0. The van der Waals surface area contributed by atoms with Crippen LogP contribution in [0.25, 0.3) is 0 Å². The summed E-state index contributed by atoms with van der Waals surface area (Å²) in [5.41, 5.74) is 0. The first-order valence-electron chi connectivity index (χ1n) is 4.26. The predicted octanol–water partition coefficient (Wildman–Crippen LogP) is 2.14. The van der Waals surface area contributed by atoms with Gasteiger partial charge in [0.1, 0.15) is 0 Å². The fraction of sp³-hybridized carbons (Fsp3) is 1.00. The van der Waals surface area contributed by atoms with Crippen molar-refractivity contribution in [3.05, 3.63) is 0 Å². The molecule has 1 nitrogen and oxygen atoms in total. The van der Waals surface area contributed by atoms with Crippen LogP contribution in [0.2, 0.25) is 0 Å². The van der Waals surface area contributed by atoms with Crippen LogP contribution in [-0.4, -0.2) is 23.4 Å². The molecule has 1 heterocycles. The van der Waals surface area contributed by atoms with Crippen molar-refractivity contribution in [1.82, 2.24) is 4.90 Å². The van der Waals surface area contributed by atoms with Crippen LogP contribution < -0.4 is 0 Å². The van der Waals surface area contributed by atoms with Crippen molar-refractivity contribution >= 4 is 12.6 Å². The lowest BCUT2D eigenvalue weighted by Gasteiger charge is -2.19. The van der Waals surface area contributed by atoms with Crippen molar-refractivity contribution in [2.45, 2.75) is 38.0 Å². The third-order valence-electron chi connectivity index (χ3n) is 2.13. The van der Waals surface area contributed by atoms with Gasteiger partial charge in [-0.2, -0.15) is 12.6 Å². The van der Waals surface area contributed by atoms with Crippen molar-refractivity contribution in [3.63, 3.8) is 0 Å². The van der Waals surface area contributed by atoms with E-state index in [-0.39, 0.29) is 0 Å². The van der Waals surface area contributed by atoms with Crippen molar-refractivity contribution in [1.29, 1.82) is 0 Å². The van der Waals surface area contributed by atoms with Crippen molar-refractivity contribution < 1.29 is 0 Å². The third-order valence-corrected chi connectivity index (χ3v) is 2.71. The zero-order valence-electron chi connectivity index (χ0n) is 6.71. The van der Waals surface area contributed by atoms with E-state index in [2.05, 4.69) is 24.5 Å². The number of rotatable bonds is 3. The summed E-state index contributed by atoms with van der Waals surface area (Å²) in [6.07, 6.45) is 5.26. The first kappa shape index (κ1) is 8.41. The number of thiol groups is 1. The molecular formula is C8H17NS. The van der Waals surface area contributed by atoms with Crippen LogP contribution in [0.15, 0.2) is 0 Å². The van der Waals surface area contributed by atoms with Crippen molar-refractivity contribution in [2.75, 3.05) is 13.1 Å². The fourth-order valence-electron chi connectivity index (χ4n) is 1.43. The van der Waals surface area contributed by atoms with Crippen LogP contribution >= 0.6 is 12.6 Å². The predicted molar refractivity (Wildman–Crippen MR) is 48.5 cm³/mol. The molecule has 0 radical (unpaired) electrons. The largest absolute Gasteiger partial charge is 0.292 e. The van der Waals surface area contributed by atoms with Gasteiger partial charge in [0, 0.05) is 0 Å². The van der Waals surface area contributed by atoms with E-state index < -0.39 is 0 Å². The number of hydrogen-bond acceptors (Lipinski definition) is 2. The maximum atomic E-state index is 4.49. The Kier molecular flexibility index (Phi) is 3.57. The van der Waals surface area contributed by atoms with Gasteiger partial charge in [-0.25, -0.2) is 0 Å². The van der Waals surface area contributed by atoms with Crippen LogP contribution in [0.3, 0.4) is 0 Å². The highest BCUT2D eigenvalue weighted by Crippen LogP contribution is 2.19. The Balaban J connectivity index is 2.14. The normalized spacial score (nSPS) is 27.6. The summed E-state index contributed by atoms with van der Waals surface area (Å²) in [5, 5.41) is 0.562. The number of hydrogen-bond donors (Lipinski definition) is 1. The van der Waals surface area contributed by atoms with Crippen LogP contribution in [0, 0.1) is 0 Å². The van der Waals surface area contributed by atoms with E-state index in [0.717, 1.165) is 0 Å². The molecular weight excluding hydrogens is 142 g/mol. The van der Waals surface area contributed by atoms with Gasteiger partial charge in [-0.1, -0.05) is 13.3 Å². The van der Waals surface area contributed by atoms with Crippen molar-refractivity contribution in [3.8, 4) is 0 Å². The molecule has 1 atom stereocenters. The Morgan fingerprint density at radius 1 is 1.60 bits per heavy atom. The summed E-state index contributed by atoms with van der Waals surface area (Å²) < 4.78 is 0. The second kappa shape index (κ2) is 4.24. The molecule has 0 spiro atoms. The van der Waals surface area contributed by atoms with Crippen LogP contribution in [-0.2, 0) is 0 Å². The van der Waals surface area contributed by atoms with E-state index >= 15 is 0 Å². The molecule has 0 aromatic heterocycles. The van der Waals surface area contributed by atoms with Crippen LogP contribution in [0.5, 0.6) is 0 Å². The van der Waals surface area contributed by atoms with E-state index in [0.29, 0.717) is 5.37 Å². The third kappa shape index (κ3) is 2.17. The minimum absolute atomic E-state index is 0.562. The lowest BCUT2D eigenvalue weighted by atomic mass is 10.3. The van der Waals surface area contributed by atoms with Gasteiger partial charge < -0.3 is 0 Å². The highest BCUT2D eigenvalue weighted by molar-refractivity contribution is 7.80. The lowest BCUT2D eigenvalue weighted by molar-refractivity contribution is 0.313. The second-order valence-corrected chi connectivity index (χ2v) is 3.61. The fourth-order valence-corrected chi connectivity index (χ4v) is 1.84. The molecule has 1 unspecified atom stereocenters. The Labute approximate surface area is 69.2 Å². The summed E-state index contributed by atoms with van der Waals surface area (Å²) >= 11 is 4.49. The van der Waals surface area contributed by atoms with Gasteiger partial charge >= 0.3 is 0 Å². The zero-order chi connectivity index (χ0) is 7.40. The maximum Gasteiger partial charge on any atom is 0.0528 e. The number of nitrogens with zero attached hydrogens (tertiary/aromatic N) is 1. The van der Waals surface area contributed by atoms with Gasteiger partial charge in [0.15, 0.2) is 0 Å². The quantitative estimate of drug-likeness (QED) is 0.617. The van der Waals surface area contributed by atoms with E-state index in [4.69, 9.17) is 0 Å². The number of unbranched alkanes of at least 4 members (excludes halogenated alkanes) is 1. The SMILES string of the molecule is CCCCN1CCCC1S. The standard InChI is InChI=1S/C8H17NS/c1-2-3-6-9-7-4-5-8(9)10/h8,10H,2-7H2,1H3. The Morgan fingerprint density at radius 2 is 2.40 bits per heavy atom. The van der Waals surface area contributed by atoms with Gasteiger partial charge in [-0.05, 0) is 32.4 Å². The van der Waals surface area contributed by atoms with E-state index in [1.807, 2.05) is 0 Å². The molecule has 0 bridgehead atoms. The highest BCUT2D eigenvalue weighted by atomic mass is 32.1. The molecule has 1 rings (SSSR count). The van der Waals surface area contributed by atoms with Crippen LogP contribution in [0.1, 0.15) is 32.6 Å². The molecule has 1 aliphatic rings. The highest BCUT2D eigenvalue weighted by Gasteiger charge is 2.19. The van der Waals surface area contributed by atoms with Gasteiger partial charge in [-0.3, -0.25) is 4.90 Å². The molecule has 0 aromatic rings. The molecule has 0 aromatic carbocycles. The molecule has 60 valence electrons. The molecule has 0 N–H and O–H groups in total. The number of likely N-dealkylation sites (tertiary alicyclic amines) is 1. The Bertz CT molecular complexity index is 95.3. The van der Waals surface area contributed by atoms with Gasteiger partial charge in [0.05, 0.1) is 5.37 Å². The smallest absolute Gasteiger partial charge is 0.0528 e. The average molecular weight is 159 g/mol. The van der Waals surface area contributed by atoms with Gasteiger partial charge in [-0.15, -0.1) is 0 Å². The van der Waals surface area contributed by atoms with E-state index in [9.17, 15) is 0 Å². The first-order chi connectivity index (χ1) is 4.84. The topological polar surface area (TPSA) is 3.24 Å². The molecule has 0 aliphatic carbocycles. The maximum absolute atomic E-state index is 4.49. The Morgan fingerprint density at radius 3 is 2.90 bits per heavy atom. The molecule has 2 heteroatoms. The molecule has 0 amide bonds. The molecule has 0 saturated carbocycles. The summed E-state index contributed by atoms with van der Waals surface area (Å²) in [6, 6.07) is 0. The lowest BCUT2D eigenvalue weighted by Crippen LogP contribution is -2.26. The summed E-state index contributed by atoms with van der Waals surface area (Å²) in [6.45, 7) is 4.77. The van der Waals surface area contributed by atoms with Crippen molar-refractivity contribution in [2.24, 2.45) is 0 Å². The van der Waals surface area contributed by atoms with E-state index in [1.165, 1.54) is 38.8 Å². The average Bonchev–Trinajstić information content (AvgIpc) is 2.31. The molecule has 1 aliphatic heterocycles. The zero-order valence-corrected chi connectivity index (χ0v) is 7.61. The van der Waals surface area contributed by atoms with Gasteiger partial charge in [0.25, 0.3) is 0 Å². The molecule has 1 saturated heterocycles. The van der Waals surface area contributed by atoms with Crippen LogP contribution in [0.4, 0.5) is 0 Å². The summed E-state index contributed by atoms with van der Waals surface area (Å²) in [7, 11) is 0.